The number of hydrogen-bond acceptors (Lipinski definition) is 3. The Morgan fingerprint density at radius 1 is 1.35 bits per heavy atom. The van der Waals surface area contributed by atoms with Crippen molar-refractivity contribution < 1.29 is 4.79 Å². The van der Waals surface area contributed by atoms with Crippen molar-refractivity contribution in [2.45, 2.75) is 25.8 Å². The first-order valence-corrected chi connectivity index (χ1v) is 7.45. The van der Waals surface area contributed by atoms with Crippen molar-refractivity contribution in [1.82, 2.24) is 10.2 Å². The van der Waals surface area contributed by atoms with Gasteiger partial charge in [0.05, 0.1) is 6.54 Å². The molecule has 1 aliphatic heterocycles. The number of rotatable bonds is 6. The minimum absolute atomic E-state index is 0.221. The molecule has 3 N–H and O–H groups in total. The lowest BCUT2D eigenvalue weighted by molar-refractivity contribution is -0.119. The first-order valence-electron chi connectivity index (χ1n) is 7.45. The van der Waals surface area contributed by atoms with Crippen molar-refractivity contribution in [3.05, 3.63) is 35.9 Å². The summed E-state index contributed by atoms with van der Waals surface area (Å²) in [6.45, 7) is 5.59. The van der Waals surface area contributed by atoms with Crippen molar-refractivity contribution in [2.75, 3.05) is 26.2 Å². The molecule has 0 aromatic heterocycles. The Bertz CT molecular complexity index is 415. The van der Waals surface area contributed by atoms with E-state index in [1.165, 1.54) is 18.4 Å². The van der Waals surface area contributed by atoms with Crippen LogP contribution in [0.1, 0.15) is 31.4 Å². The molecule has 0 radical (unpaired) electrons. The Kier molecular flexibility index (Phi) is 5.56. The molecule has 4 nitrogen and oxygen atoms in total. The zero-order chi connectivity index (χ0) is 14.4. The van der Waals surface area contributed by atoms with Gasteiger partial charge in [-0.3, -0.25) is 9.69 Å². The molecule has 1 atom stereocenters. The third-order valence-corrected chi connectivity index (χ3v) is 4.14. The number of amides is 1. The van der Waals surface area contributed by atoms with Gasteiger partial charge in [-0.1, -0.05) is 30.3 Å². The first-order chi connectivity index (χ1) is 9.66. The van der Waals surface area contributed by atoms with E-state index in [2.05, 4.69) is 29.3 Å². The van der Waals surface area contributed by atoms with Crippen LogP contribution in [0.4, 0.5) is 0 Å². The summed E-state index contributed by atoms with van der Waals surface area (Å²) in [4.78, 5) is 13.6. The van der Waals surface area contributed by atoms with Crippen LogP contribution in [-0.2, 0) is 4.79 Å². The topological polar surface area (TPSA) is 58.4 Å². The van der Waals surface area contributed by atoms with Gasteiger partial charge in [0.25, 0.3) is 0 Å². The molecule has 0 saturated carbocycles. The van der Waals surface area contributed by atoms with Crippen LogP contribution in [0, 0.1) is 5.92 Å². The maximum atomic E-state index is 11.4. The van der Waals surface area contributed by atoms with Gasteiger partial charge in [-0.2, -0.15) is 0 Å². The predicted octanol–water partition coefficient (Wildman–Crippen LogP) is 1.53. The van der Waals surface area contributed by atoms with E-state index in [0.29, 0.717) is 12.5 Å². The van der Waals surface area contributed by atoms with Crippen LogP contribution >= 0.6 is 0 Å². The molecule has 1 heterocycles. The van der Waals surface area contributed by atoms with Crippen LogP contribution in [0.15, 0.2) is 30.3 Å². The van der Waals surface area contributed by atoms with Crippen molar-refractivity contribution in [2.24, 2.45) is 11.7 Å². The van der Waals surface area contributed by atoms with Crippen molar-refractivity contribution in [3.63, 3.8) is 0 Å². The fourth-order valence-corrected chi connectivity index (χ4v) is 2.90. The van der Waals surface area contributed by atoms with Crippen molar-refractivity contribution in [3.8, 4) is 0 Å². The van der Waals surface area contributed by atoms with E-state index >= 15 is 0 Å². The molecule has 1 aromatic rings. The number of carbonyl (C=O) groups excluding carboxylic acids is 1. The van der Waals surface area contributed by atoms with Crippen LogP contribution in [0.2, 0.25) is 0 Å². The maximum Gasteiger partial charge on any atom is 0.231 e. The smallest absolute Gasteiger partial charge is 0.231 e. The summed E-state index contributed by atoms with van der Waals surface area (Å²) in [5, 5.41) is 3.38. The van der Waals surface area contributed by atoms with Gasteiger partial charge in [0.15, 0.2) is 0 Å². The van der Waals surface area contributed by atoms with E-state index in [4.69, 9.17) is 5.73 Å². The standard InChI is InChI=1S/C16H25N3O/c1-13(15-5-3-2-4-6-15)19(12-16(17)20)11-14-7-9-18-10-8-14/h2-6,13-14,18H,7-12H2,1H3,(H2,17,20)/t13-/m1/s1. The molecule has 20 heavy (non-hydrogen) atoms. The third kappa shape index (κ3) is 4.32. The average molecular weight is 275 g/mol. The molecule has 1 aromatic carbocycles. The lowest BCUT2D eigenvalue weighted by atomic mass is 9.96. The molecule has 0 unspecified atom stereocenters. The first kappa shape index (κ1) is 15.0. The van der Waals surface area contributed by atoms with Gasteiger partial charge < -0.3 is 11.1 Å². The average Bonchev–Trinajstić information content (AvgIpc) is 2.47. The second-order valence-corrected chi connectivity index (χ2v) is 5.68. The molecule has 1 amide bonds. The predicted molar refractivity (Wildman–Crippen MR) is 81.2 cm³/mol. The molecule has 2 rings (SSSR count). The second kappa shape index (κ2) is 7.41. The molecule has 0 bridgehead atoms. The summed E-state index contributed by atoms with van der Waals surface area (Å²) in [7, 11) is 0. The van der Waals surface area contributed by atoms with E-state index in [1.54, 1.807) is 0 Å². The molecular formula is C16H25N3O. The molecule has 1 saturated heterocycles. The molecule has 1 aliphatic rings. The lowest BCUT2D eigenvalue weighted by Crippen LogP contribution is -2.41. The van der Waals surface area contributed by atoms with E-state index in [0.717, 1.165) is 19.6 Å². The minimum Gasteiger partial charge on any atom is -0.369 e. The summed E-state index contributed by atoms with van der Waals surface area (Å²) in [6, 6.07) is 10.5. The zero-order valence-electron chi connectivity index (χ0n) is 12.2. The Balaban J connectivity index is 2.03. The minimum atomic E-state index is -0.248. The van der Waals surface area contributed by atoms with Crippen LogP contribution in [0.5, 0.6) is 0 Å². The largest absolute Gasteiger partial charge is 0.369 e. The van der Waals surface area contributed by atoms with E-state index < -0.39 is 0 Å². The molecule has 0 spiro atoms. The lowest BCUT2D eigenvalue weighted by Gasteiger charge is -2.33. The summed E-state index contributed by atoms with van der Waals surface area (Å²) in [5.74, 6) is 0.406. The van der Waals surface area contributed by atoms with Gasteiger partial charge in [-0.25, -0.2) is 0 Å². The number of carbonyl (C=O) groups is 1. The van der Waals surface area contributed by atoms with Crippen LogP contribution < -0.4 is 11.1 Å². The molecule has 0 aliphatic carbocycles. The van der Waals surface area contributed by atoms with Crippen molar-refractivity contribution >= 4 is 5.91 Å². The van der Waals surface area contributed by atoms with E-state index in [9.17, 15) is 4.79 Å². The molecule has 110 valence electrons. The summed E-state index contributed by atoms with van der Waals surface area (Å²) in [5.41, 5.74) is 6.66. The molecule has 1 fully saturated rings. The second-order valence-electron chi connectivity index (χ2n) is 5.68. The highest BCUT2D eigenvalue weighted by atomic mass is 16.1. The Labute approximate surface area is 121 Å². The number of nitrogens with zero attached hydrogens (tertiary/aromatic N) is 1. The monoisotopic (exact) mass is 275 g/mol. The quantitative estimate of drug-likeness (QED) is 0.828. The van der Waals surface area contributed by atoms with Crippen molar-refractivity contribution in [1.29, 1.82) is 0 Å². The van der Waals surface area contributed by atoms with Gasteiger partial charge in [0.2, 0.25) is 5.91 Å². The maximum absolute atomic E-state index is 11.4. The number of piperidine rings is 1. The van der Waals surface area contributed by atoms with E-state index in [-0.39, 0.29) is 11.9 Å². The summed E-state index contributed by atoms with van der Waals surface area (Å²) < 4.78 is 0. The van der Waals surface area contributed by atoms with Crippen LogP contribution in [-0.4, -0.2) is 37.0 Å². The van der Waals surface area contributed by atoms with Crippen LogP contribution in [0.3, 0.4) is 0 Å². The van der Waals surface area contributed by atoms with Gasteiger partial charge in [0.1, 0.15) is 0 Å². The fourth-order valence-electron chi connectivity index (χ4n) is 2.90. The highest BCUT2D eigenvalue weighted by Gasteiger charge is 2.22. The number of nitrogens with one attached hydrogen (secondary N) is 1. The highest BCUT2D eigenvalue weighted by molar-refractivity contribution is 5.76. The normalized spacial score (nSPS) is 18.1. The van der Waals surface area contributed by atoms with E-state index in [1.807, 2.05) is 18.2 Å². The SMILES string of the molecule is C[C@H](c1ccccc1)N(CC(N)=O)CC1CCNCC1. The van der Waals surface area contributed by atoms with Gasteiger partial charge in [0, 0.05) is 12.6 Å². The molecular weight excluding hydrogens is 250 g/mol. The number of primary amides is 1. The fraction of sp³-hybridized carbons (Fsp3) is 0.562. The number of hydrogen-bond donors (Lipinski definition) is 2. The number of nitrogens with two attached hydrogens (primary N) is 1. The van der Waals surface area contributed by atoms with Crippen LogP contribution in [0.25, 0.3) is 0 Å². The summed E-state index contributed by atoms with van der Waals surface area (Å²) >= 11 is 0. The Morgan fingerprint density at radius 3 is 2.60 bits per heavy atom. The highest BCUT2D eigenvalue weighted by Crippen LogP contribution is 2.23. The van der Waals surface area contributed by atoms with Gasteiger partial charge in [-0.15, -0.1) is 0 Å². The zero-order valence-corrected chi connectivity index (χ0v) is 12.2. The van der Waals surface area contributed by atoms with Gasteiger partial charge >= 0.3 is 0 Å². The molecule has 4 heteroatoms. The number of benzene rings is 1. The Morgan fingerprint density at radius 2 is 2.00 bits per heavy atom. The third-order valence-electron chi connectivity index (χ3n) is 4.14. The Hall–Kier alpha value is -1.39. The summed E-state index contributed by atoms with van der Waals surface area (Å²) in [6.07, 6.45) is 2.35. The van der Waals surface area contributed by atoms with Gasteiger partial charge in [-0.05, 0) is 44.3 Å².